The van der Waals surface area contributed by atoms with Crippen molar-refractivity contribution >= 4 is 0 Å². The highest BCUT2D eigenvalue weighted by atomic mass is 16.3. The number of phenols is 2. The van der Waals surface area contributed by atoms with Gasteiger partial charge in [0.05, 0.1) is 0 Å². The predicted molar refractivity (Wildman–Crippen MR) is 101 cm³/mol. The Balaban J connectivity index is 1.89. The number of phenolic OH excluding ortho intramolecular Hbond substituents is 2. The van der Waals surface area contributed by atoms with Gasteiger partial charge in [-0.15, -0.1) is 0 Å². The first kappa shape index (κ1) is 17.8. The fraction of sp³-hybridized carbons (Fsp3) is 0.429. The number of likely N-dealkylation sites (tertiary alicyclic amines) is 1. The molecule has 1 fully saturated rings. The number of aromatic hydroxyl groups is 2. The molecule has 0 saturated carbocycles. The number of likely N-dealkylation sites (N-methyl/N-ethyl adjacent to an activating group) is 1. The Labute approximate surface area is 149 Å². The Kier molecular flexibility index (Phi) is 5.30. The van der Waals surface area contributed by atoms with Crippen molar-refractivity contribution in [2.45, 2.75) is 31.2 Å². The van der Waals surface area contributed by atoms with E-state index in [0.29, 0.717) is 24.0 Å². The zero-order chi connectivity index (χ0) is 17.9. The van der Waals surface area contributed by atoms with Crippen LogP contribution in [0.2, 0.25) is 0 Å². The average Bonchev–Trinajstić information content (AvgIpc) is 2.85. The van der Waals surface area contributed by atoms with Crippen molar-refractivity contribution in [3.63, 3.8) is 0 Å². The van der Waals surface area contributed by atoms with Gasteiger partial charge in [-0.1, -0.05) is 24.3 Å². The van der Waals surface area contributed by atoms with E-state index in [1.165, 1.54) is 0 Å². The summed E-state index contributed by atoms with van der Waals surface area (Å²) in [5.74, 6) is 1.09. The Morgan fingerprint density at radius 3 is 2.36 bits per heavy atom. The highest BCUT2D eigenvalue weighted by molar-refractivity contribution is 5.31. The van der Waals surface area contributed by atoms with Gasteiger partial charge in [0.15, 0.2) is 0 Å². The predicted octanol–water partition coefficient (Wildman–Crippen LogP) is 2.92. The van der Waals surface area contributed by atoms with Crippen LogP contribution in [0.4, 0.5) is 0 Å². The summed E-state index contributed by atoms with van der Waals surface area (Å²) in [6.07, 6.45) is 3.84. The molecule has 1 aliphatic rings. The van der Waals surface area contributed by atoms with Crippen molar-refractivity contribution < 1.29 is 10.2 Å². The van der Waals surface area contributed by atoms with E-state index in [1.807, 2.05) is 24.3 Å². The fourth-order valence-corrected chi connectivity index (χ4v) is 4.45. The van der Waals surface area contributed by atoms with Crippen molar-refractivity contribution in [1.29, 1.82) is 0 Å². The molecule has 2 atom stereocenters. The SMILES string of the molecule is CN1CCC(Cc2cccc(O)c2)C1(CCN)Cc1cccc(O)c1. The van der Waals surface area contributed by atoms with Gasteiger partial charge in [-0.3, -0.25) is 0 Å². The van der Waals surface area contributed by atoms with Gasteiger partial charge in [0.25, 0.3) is 0 Å². The number of rotatable bonds is 6. The molecule has 0 aromatic heterocycles. The molecule has 0 amide bonds. The first-order valence-electron chi connectivity index (χ1n) is 9.00. The van der Waals surface area contributed by atoms with Crippen LogP contribution in [0.3, 0.4) is 0 Å². The third-order valence-electron chi connectivity index (χ3n) is 5.72. The molecule has 25 heavy (non-hydrogen) atoms. The molecule has 0 aliphatic carbocycles. The lowest BCUT2D eigenvalue weighted by atomic mass is 9.74. The van der Waals surface area contributed by atoms with Crippen LogP contribution in [-0.4, -0.2) is 40.8 Å². The van der Waals surface area contributed by atoms with Crippen LogP contribution < -0.4 is 5.73 Å². The number of nitrogens with two attached hydrogens (primary N) is 1. The quantitative estimate of drug-likeness (QED) is 0.756. The third kappa shape index (κ3) is 3.80. The fourth-order valence-electron chi connectivity index (χ4n) is 4.45. The van der Waals surface area contributed by atoms with Gasteiger partial charge in [0.2, 0.25) is 0 Å². The summed E-state index contributed by atoms with van der Waals surface area (Å²) in [6, 6.07) is 15.1. The van der Waals surface area contributed by atoms with Gasteiger partial charge in [0.1, 0.15) is 11.5 Å². The van der Waals surface area contributed by atoms with Gasteiger partial charge < -0.3 is 20.8 Å². The minimum absolute atomic E-state index is 0.0198. The summed E-state index contributed by atoms with van der Waals surface area (Å²) < 4.78 is 0. The second-order valence-electron chi connectivity index (χ2n) is 7.27. The minimum Gasteiger partial charge on any atom is -0.508 e. The standard InChI is InChI=1S/C21H28N2O2/c1-23-11-8-18(12-16-4-2-6-19(24)13-16)21(23,9-10-22)15-17-5-3-7-20(25)14-17/h2-7,13-14,18,24-25H,8-12,15,22H2,1H3. The topological polar surface area (TPSA) is 69.7 Å². The van der Waals surface area contributed by atoms with Crippen LogP contribution in [0, 0.1) is 5.92 Å². The van der Waals surface area contributed by atoms with Crippen LogP contribution in [0.5, 0.6) is 11.5 Å². The number of hydrogen-bond acceptors (Lipinski definition) is 4. The maximum Gasteiger partial charge on any atom is 0.115 e. The molecule has 4 N–H and O–H groups in total. The van der Waals surface area contributed by atoms with Crippen LogP contribution in [0.25, 0.3) is 0 Å². The Morgan fingerprint density at radius 1 is 1.08 bits per heavy atom. The van der Waals surface area contributed by atoms with Gasteiger partial charge in [0, 0.05) is 5.54 Å². The van der Waals surface area contributed by atoms with Gasteiger partial charge in [-0.2, -0.15) is 0 Å². The Bertz CT molecular complexity index is 719. The molecule has 2 unspecified atom stereocenters. The summed E-state index contributed by atoms with van der Waals surface area (Å²) in [6.45, 7) is 1.68. The first-order valence-corrected chi connectivity index (χ1v) is 9.00. The molecule has 0 spiro atoms. The van der Waals surface area contributed by atoms with Crippen LogP contribution in [-0.2, 0) is 12.8 Å². The Hall–Kier alpha value is -2.04. The summed E-state index contributed by atoms with van der Waals surface area (Å²) in [4.78, 5) is 2.44. The van der Waals surface area contributed by atoms with Gasteiger partial charge in [-0.05, 0) is 87.1 Å². The van der Waals surface area contributed by atoms with E-state index in [4.69, 9.17) is 5.73 Å². The van der Waals surface area contributed by atoms with E-state index in [2.05, 4.69) is 24.1 Å². The van der Waals surface area contributed by atoms with Crippen molar-refractivity contribution in [1.82, 2.24) is 4.90 Å². The third-order valence-corrected chi connectivity index (χ3v) is 5.72. The van der Waals surface area contributed by atoms with E-state index in [9.17, 15) is 10.2 Å². The largest absolute Gasteiger partial charge is 0.508 e. The van der Waals surface area contributed by atoms with Gasteiger partial charge in [-0.25, -0.2) is 0 Å². The smallest absolute Gasteiger partial charge is 0.115 e. The second-order valence-corrected chi connectivity index (χ2v) is 7.27. The molecular formula is C21H28N2O2. The molecule has 4 heteroatoms. The molecule has 0 bridgehead atoms. The Morgan fingerprint density at radius 2 is 1.72 bits per heavy atom. The van der Waals surface area contributed by atoms with E-state index >= 15 is 0 Å². The minimum atomic E-state index is -0.0198. The second kappa shape index (κ2) is 7.46. The van der Waals surface area contributed by atoms with E-state index < -0.39 is 0 Å². The lowest BCUT2D eigenvalue weighted by molar-refractivity contribution is 0.118. The van der Waals surface area contributed by atoms with Crippen molar-refractivity contribution in [3.8, 4) is 11.5 Å². The lowest BCUT2D eigenvalue weighted by Crippen LogP contribution is -2.50. The molecule has 2 aromatic carbocycles. The highest BCUT2D eigenvalue weighted by Gasteiger charge is 2.45. The lowest BCUT2D eigenvalue weighted by Gasteiger charge is -2.41. The van der Waals surface area contributed by atoms with E-state index in [1.54, 1.807) is 12.1 Å². The first-order chi connectivity index (χ1) is 12.0. The van der Waals surface area contributed by atoms with E-state index in [0.717, 1.165) is 43.4 Å². The average molecular weight is 340 g/mol. The number of nitrogens with zero attached hydrogens (tertiary/aromatic N) is 1. The van der Waals surface area contributed by atoms with Crippen molar-refractivity contribution in [2.75, 3.05) is 20.1 Å². The maximum absolute atomic E-state index is 9.83. The molecular weight excluding hydrogens is 312 g/mol. The van der Waals surface area contributed by atoms with Crippen LogP contribution >= 0.6 is 0 Å². The molecule has 2 aromatic rings. The van der Waals surface area contributed by atoms with E-state index in [-0.39, 0.29) is 5.54 Å². The molecule has 3 rings (SSSR count). The summed E-state index contributed by atoms with van der Waals surface area (Å²) in [5.41, 5.74) is 8.29. The molecule has 1 aliphatic heterocycles. The van der Waals surface area contributed by atoms with Crippen LogP contribution in [0.15, 0.2) is 48.5 Å². The molecule has 1 heterocycles. The van der Waals surface area contributed by atoms with Crippen LogP contribution in [0.1, 0.15) is 24.0 Å². The maximum atomic E-state index is 9.83. The number of benzene rings is 2. The molecule has 0 radical (unpaired) electrons. The highest BCUT2D eigenvalue weighted by Crippen LogP contribution is 2.41. The monoisotopic (exact) mass is 340 g/mol. The molecule has 4 nitrogen and oxygen atoms in total. The zero-order valence-electron chi connectivity index (χ0n) is 14.9. The molecule has 1 saturated heterocycles. The van der Waals surface area contributed by atoms with Crippen molar-refractivity contribution in [3.05, 3.63) is 59.7 Å². The zero-order valence-corrected chi connectivity index (χ0v) is 14.9. The summed E-state index contributed by atoms with van der Waals surface area (Å²) in [5, 5.41) is 19.6. The van der Waals surface area contributed by atoms with Crippen molar-refractivity contribution in [2.24, 2.45) is 11.7 Å². The summed E-state index contributed by atoms with van der Waals surface area (Å²) in [7, 11) is 2.18. The van der Waals surface area contributed by atoms with Gasteiger partial charge >= 0.3 is 0 Å². The molecule has 134 valence electrons. The number of hydrogen-bond donors (Lipinski definition) is 3. The normalized spacial score (nSPS) is 23.8. The summed E-state index contributed by atoms with van der Waals surface area (Å²) >= 11 is 0.